The third-order valence-electron chi connectivity index (χ3n) is 8.93. The van der Waals surface area contributed by atoms with Crippen LogP contribution in [0.3, 0.4) is 0 Å². The summed E-state index contributed by atoms with van der Waals surface area (Å²) in [7, 11) is -1.69. The molecule has 54 heavy (non-hydrogen) atoms. The van der Waals surface area contributed by atoms with Gasteiger partial charge in [0.1, 0.15) is 34.5 Å². The summed E-state index contributed by atoms with van der Waals surface area (Å²) < 4.78 is 67.7. The van der Waals surface area contributed by atoms with E-state index in [4.69, 9.17) is 19.4 Å². The van der Waals surface area contributed by atoms with Gasteiger partial charge in [0.15, 0.2) is 0 Å². The van der Waals surface area contributed by atoms with Gasteiger partial charge in [-0.3, -0.25) is 9.20 Å². The van der Waals surface area contributed by atoms with Crippen LogP contribution in [0.1, 0.15) is 17.3 Å². The van der Waals surface area contributed by atoms with E-state index in [-0.39, 0.29) is 23.9 Å². The molecule has 0 atom stereocenters. The number of hydrogen-bond acceptors (Lipinski definition) is 10. The Labute approximate surface area is 310 Å². The molecule has 6 aromatic rings. The second-order valence-electron chi connectivity index (χ2n) is 12.4. The average Bonchev–Trinajstić information content (AvgIpc) is 3.56. The van der Waals surface area contributed by atoms with Crippen LogP contribution in [0.25, 0.3) is 28.3 Å². The molecule has 0 radical (unpaired) electrons. The summed E-state index contributed by atoms with van der Waals surface area (Å²) in [6.07, 6.45) is 4.67. The van der Waals surface area contributed by atoms with Gasteiger partial charge in [0, 0.05) is 55.9 Å². The van der Waals surface area contributed by atoms with Crippen molar-refractivity contribution in [3.8, 4) is 34.1 Å². The van der Waals surface area contributed by atoms with Gasteiger partial charge in [-0.25, -0.2) is 32.2 Å². The molecule has 278 valence electrons. The van der Waals surface area contributed by atoms with Crippen molar-refractivity contribution in [3.63, 3.8) is 0 Å². The molecule has 0 saturated carbocycles. The molecule has 1 saturated heterocycles. The number of aromatic nitrogens is 4. The number of rotatable bonds is 11. The SMILES string of the molecule is CCOc1ccc(-c2nc3ccccn3c2-c2ccnc(Nc3ccc(N4CCN(S(C)(=O)=O)CC4)cc3OC)n2)cc1C(=O)Nc1c(F)cccc1F. The van der Waals surface area contributed by atoms with Gasteiger partial charge in [-0.05, 0) is 67.6 Å². The minimum atomic E-state index is -3.25. The molecule has 1 fully saturated rings. The van der Waals surface area contributed by atoms with Crippen molar-refractivity contribution >= 4 is 44.6 Å². The Hall–Kier alpha value is -6.13. The largest absolute Gasteiger partial charge is 0.494 e. The number of pyridine rings is 1. The van der Waals surface area contributed by atoms with Crippen LogP contribution in [0.2, 0.25) is 0 Å². The fourth-order valence-electron chi connectivity index (χ4n) is 6.31. The molecule has 16 heteroatoms. The summed E-state index contributed by atoms with van der Waals surface area (Å²) in [5.41, 5.74) is 3.71. The molecule has 1 aliphatic heterocycles. The number of carbonyl (C=O) groups excluding carboxylic acids is 1. The molecule has 2 N–H and O–H groups in total. The maximum Gasteiger partial charge on any atom is 0.259 e. The number of carbonyl (C=O) groups is 1. The molecular weight excluding hydrogens is 719 g/mol. The Morgan fingerprint density at radius 3 is 2.41 bits per heavy atom. The number of anilines is 4. The van der Waals surface area contributed by atoms with E-state index in [2.05, 4.69) is 20.5 Å². The maximum atomic E-state index is 14.5. The third-order valence-corrected chi connectivity index (χ3v) is 10.2. The fourth-order valence-corrected chi connectivity index (χ4v) is 7.13. The second kappa shape index (κ2) is 15.1. The van der Waals surface area contributed by atoms with E-state index in [9.17, 15) is 22.0 Å². The van der Waals surface area contributed by atoms with Crippen molar-refractivity contribution in [2.24, 2.45) is 0 Å². The monoisotopic (exact) mass is 754 g/mol. The Balaban J connectivity index is 1.22. The molecule has 0 unspecified atom stereocenters. The minimum Gasteiger partial charge on any atom is -0.494 e. The highest BCUT2D eigenvalue weighted by Gasteiger charge is 2.25. The molecule has 0 bridgehead atoms. The number of fused-ring (bicyclic) bond motifs is 1. The molecule has 7 rings (SSSR count). The smallest absolute Gasteiger partial charge is 0.259 e. The number of imidazole rings is 1. The van der Waals surface area contributed by atoms with Gasteiger partial charge in [-0.2, -0.15) is 4.31 Å². The first-order valence-electron chi connectivity index (χ1n) is 17.0. The van der Waals surface area contributed by atoms with Gasteiger partial charge in [0.2, 0.25) is 16.0 Å². The Morgan fingerprint density at radius 2 is 1.69 bits per heavy atom. The van der Waals surface area contributed by atoms with Gasteiger partial charge in [-0.1, -0.05) is 12.1 Å². The number of methoxy groups -OCH3 is 1. The van der Waals surface area contributed by atoms with Crippen molar-refractivity contribution in [3.05, 3.63) is 108 Å². The van der Waals surface area contributed by atoms with Crippen LogP contribution in [0.5, 0.6) is 11.5 Å². The number of hydrogen-bond donors (Lipinski definition) is 2. The zero-order valence-corrected chi connectivity index (χ0v) is 30.4. The lowest BCUT2D eigenvalue weighted by molar-refractivity contribution is 0.102. The van der Waals surface area contributed by atoms with Crippen LogP contribution < -0.4 is 25.0 Å². The number of nitrogens with one attached hydrogen (secondary N) is 2. The lowest BCUT2D eigenvalue weighted by atomic mass is 10.0. The lowest BCUT2D eigenvalue weighted by Crippen LogP contribution is -2.48. The van der Waals surface area contributed by atoms with E-state index in [1.165, 1.54) is 16.6 Å². The standard InChI is InChI=1S/C38H36F2N8O5S/c1-4-53-31-14-11-24(22-26(31)37(49)45-35-27(39)8-7-9-28(35)40)34-36(48-17-6-5-10-33(48)44-34)30-15-16-41-38(43-30)42-29-13-12-25(23-32(29)52-2)46-18-20-47(21-19-46)54(3,50)51/h5-17,22-23H,4,18-21H2,1-3H3,(H,45,49)(H,41,42,43). The predicted octanol–water partition coefficient (Wildman–Crippen LogP) is 6.22. The van der Waals surface area contributed by atoms with E-state index in [0.29, 0.717) is 65.9 Å². The zero-order chi connectivity index (χ0) is 38.0. The molecule has 0 aliphatic carbocycles. The molecular formula is C38H36F2N8O5S. The number of benzene rings is 3. The molecule has 1 amide bonds. The van der Waals surface area contributed by atoms with E-state index < -0.39 is 33.3 Å². The first-order chi connectivity index (χ1) is 26.0. The van der Waals surface area contributed by atoms with Crippen LogP contribution in [0.15, 0.2) is 91.3 Å². The van der Waals surface area contributed by atoms with Crippen LogP contribution in [-0.2, 0) is 10.0 Å². The third kappa shape index (κ3) is 7.38. The summed E-state index contributed by atoms with van der Waals surface area (Å²) in [6.45, 7) is 3.89. The summed E-state index contributed by atoms with van der Waals surface area (Å²) in [6, 6.07) is 21.2. The first kappa shape index (κ1) is 36.2. The van der Waals surface area contributed by atoms with E-state index in [1.807, 2.05) is 47.0 Å². The number of amides is 1. The van der Waals surface area contributed by atoms with Gasteiger partial charge < -0.3 is 25.0 Å². The summed E-state index contributed by atoms with van der Waals surface area (Å²) in [4.78, 5) is 29.8. The Bertz CT molecular complexity index is 2450. The Kier molecular flexibility index (Phi) is 10.1. The van der Waals surface area contributed by atoms with Crippen molar-refractivity contribution in [2.45, 2.75) is 6.92 Å². The van der Waals surface area contributed by atoms with Crippen molar-refractivity contribution in [1.82, 2.24) is 23.7 Å². The van der Waals surface area contributed by atoms with Crippen LogP contribution in [0.4, 0.5) is 31.8 Å². The van der Waals surface area contributed by atoms with Crippen LogP contribution in [0, 0.1) is 11.6 Å². The van der Waals surface area contributed by atoms with Gasteiger partial charge >= 0.3 is 0 Å². The lowest BCUT2D eigenvalue weighted by Gasteiger charge is -2.35. The quantitative estimate of drug-likeness (QED) is 0.157. The first-order valence-corrected chi connectivity index (χ1v) is 18.9. The molecule has 4 heterocycles. The summed E-state index contributed by atoms with van der Waals surface area (Å²) >= 11 is 0. The number of piperazine rings is 1. The predicted molar refractivity (Wildman–Crippen MR) is 202 cm³/mol. The molecule has 3 aromatic heterocycles. The van der Waals surface area contributed by atoms with Gasteiger partial charge in [0.25, 0.3) is 5.91 Å². The summed E-state index contributed by atoms with van der Waals surface area (Å²) in [5.74, 6) is -1.54. The zero-order valence-electron chi connectivity index (χ0n) is 29.6. The Morgan fingerprint density at radius 1 is 0.907 bits per heavy atom. The second-order valence-corrected chi connectivity index (χ2v) is 14.3. The van der Waals surface area contributed by atoms with Crippen LogP contribution >= 0.6 is 0 Å². The highest BCUT2D eigenvalue weighted by molar-refractivity contribution is 7.88. The number of halogens is 2. The van der Waals surface area contributed by atoms with Gasteiger partial charge in [-0.15, -0.1) is 0 Å². The normalized spacial score (nSPS) is 13.5. The molecule has 0 spiro atoms. The number of sulfonamides is 1. The fraction of sp³-hybridized carbons (Fsp3) is 0.211. The van der Waals surface area contributed by atoms with Crippen molar-refractivity contribution in [2.75, 3.05) is 61.7 Å². The highest BCUT2D eigenvalue weighted by atomic mass is 32.2. The maximum absolute atomic E-state index is 14.5. The van der Waals surface area contributed by atoms with Crippen LogP contribution in [-0.4, -0.2) is 84.1 Å². The van der Waals surface area contributed by atoms with Crippen molar-refractivity contribution in [1.29, 1.82) is 0 Å². The number of nitrogens with zero attached hydrogens (tertiary/aromatic N) is 6. The molecule has 1 aliphatic rings. The number of para-hydroxylation sites is 1. The van der Waals surface area contributed by atoms with E-state index >= 15 is 0 Å². The minimum absolute atomic E-state index is 0.0536. The number of ether oxygens (including phenoxy) is 2. The van der Waals surface area contributed by atoms with Crippen molar-refractivity contribution < 1.29 is 31.5 Å². The topological polar surface area (TPSA) is 143 Å². The summed E-state index contributed by atoms with van der Waals surface area (Å²) in [5, 5.41) is 5.61. The van der Waals surface area contributed by atoms with Gasteiger partial charge in [0.05, 0.1) is 48.3 Å². The van der Waals surface area contributed by atoms with E-state index in [0.717, 1.165) is 17.8 Å². The highest BCUT2D eigenvalue weighted by Crippen LogP contribution is 2.36. The van der Waals surface area contributed by atoms with E-state index in [1.54, 1.807) is 44.5 Å². The molecule has 3 aromatic carbocycles. The molecule has 13 nitrogen and oxygen atoms in total. The average molecular weight is 755 g/mol.